The molecule has 0 aliphatic rings. The first-order valence-corrected chi connectivity index (χ1v) is 8.55. The SMILES string of the molecule is CCCC(CCCCCCCCCO)S(=O)(=O)[O-].[Na+]. The van der Waals surface area contributed by atoms with E-state index in [9.17, 15) is 13.0 Å². The van der Waals surface area contributed by atoms with Gasteiger partial charge in [0.05, 0.1) is 10.1 Å². The molecule has 0 aromatic carbocycles. The predicted molar refractivity (Wildman–Crippen MR) is 72.4 cm³/mol. The number of hydrogen-bond acceptors (Lipinski definition) is 4. The summed E-state index contributed by atoms with van der Waals surface area (Å²) in [5.41, 5.74) is 0. The third-order valence-electron chi connectivity index (χ3n) is 3.20. The number of rotatable bonds is 12. The fourth-order valence-corrected chi connectivity index (χ4v) is 3.10. The Labute approximate surface area is 140 Å². The summed E-state index contributed by atoms with van der Waals surface area (Å²) in [4.78, 5) is 0. The Bertz CT molecular complexity index is 280. The van der Waals surface area contributed by atoms with Crippen molar-refractivity contribution in [3.05, 3.63) is 0 Å². The Morgan fingerprint density at radius 2 is 1.42 bits per heavy atom. The summed E-state index contributed by atoms with van der Waals surface area (Å²) in [6.45, 7) is 2.17. The van der Waals surface area contributed by atoms with Gasteiger partial charge in [-0.3, -0.25) is 0 Å². The first-order chi connectivity index (χ1) is 8.52. The van der Waals surface area contributed by atoms with Crippen molar-refractivity contribution < 1.29 is 47.6 Å². The zero-order chi connectivity index (χ0) is 13.9. The van der Waals surface area contributed by atoms with Crippen LogP contribution in [0.15, 0.2) is 0 Å². The van der Waals surface area contributed by atoms with E-state index in [4.69, 9.17) is 5.11 Å². The fraction of sp³-hybridized carbons (Fsp3) is 1.00. The van der Waals surface area contributed by atoms with Crippen LogP contribution >= 0.6 is 0 Å². The van der Waals surface area contributed by atoms with E-state index in [1.807, 2.05) is 6.92 Å². The number of hydrogen-bond donors (Lipinski definition) is 1. The first kappa shape index (κ1) is 22.2. The van der Waals surface area contributed by atoms with Crippen LogP contribution in [-0.2, 0) is 10.1 Å². The van der Waals surface area contributed by atoms with Crippen LogP contribution in [0, 0.1) is 0 Å². The molecular formula is C13H27NaO4S. The van der Waals surface area contributed by atoms with Crippen LogP contribution < -0.4 is 29.6 Å². The minimum atomic E-state index is -4.11. The topological polar surface area (TPSA) is 77.4 Å². The van der Waals surface area contributed by atoms with Crippen LogP contribution in [-0.4, -0.2) is 29.9 Å². The van der Waals surface area contributed by atoms with Crippen molar-refractivity contribution >= 4 is 10.1 Å². The summed E-state index contributed by atoms with van der Waals surface area (Å²) < 4.78 is 32.9. The van der Waals surface area contributed by atoms with Crippen molar-refractivity contribution in [1.29, 1.82) is 0 Å². The van der Waals surface area contributed by atoms with E-state index in [1.54, 1.807) is 0 Å². The first-order valence-electron chi connectivity index (χ1n) is 7.08. The maximum atomic E-state index is 11.0. The van der Waals surface area contributed by atoms with Gasteiger partial charge in [-0.1, -0.05) is 51.9 Å². The molecule has 0 amide bonds. The standard InChI is InChI=1S/C13H28O4S.Na/c1-2-10-13(18(15,16)17)11-8-6-4-3-5-7-9-12-14;/h13-14H,2-12H2,1H3,(H,15,16,17);/q;+1/p-1. The minimum absolute atomic E-state index is 0. The van der Waals surface area contributed by atoms with Gasteiger partial charge in [0, 0.05) is 11.9 Å². The fourth-order valence-electron chi connectivity index (χ4n) is 2.12. The monoisotopic (exact) mass is 302 g/mol. The smallest absolute Gasteiger partial charge is 0.748 e. The van der Waals surface area contributed by atoms with Gasteiger partial charge in [-0.25, -0.2) is 8.42 Å². The summed E-state index contributed by atoms with van der Waals surface area (Å²) in [5.74, 6) is 0. The van der Waals surface area contributed by atoms with Crippen LogP contribution in [0.25, 0.3) is 0 Å². The summed E-state index contributed by atoms with van der Waals surface area (Å²) in [7, 11) is -4.11. The second kappa shape index (κ2) is 13.8. The van der Waals surface area contributed by atoms with Gasteiger partial charge in [0.1, 0.15) is 0 Å². The number of aliphatic hydroxyl groups excluding tert-OH is 1. The van der Waals surface area contributed by atoms with Gasteiger partial charge >= 0.3 is 29.6 Å². The maximum absolute atomic E-state index is 11.0. The minimum Gasteiger partial charge on any atom is -0.748 e. The van der Waals surface area contributed by atoms with E-state index in [2.05, 4.69) is 0 Å². The molecule has 19 heavy (non-hydrogen) atoms. The number of aliphatic hydroxyl groups is 1. The van der Waals surface area contributed by atoms with Crippen LogP contribution in [0.3, 0.4) is 0 Å². The molecule has 4 nitrogen and oxygen atoms in total. The largest absolute Gasteiger partial charge is 1.00 e. The molecule has 1 atom stereocenters. The van der Waals surface area contributed by atoms with E-state index < -0.39 is 15.4 Å². The molecule has 0 bridgehead atoms. The van der Waals surface area contributed by atoms with Gasteiger partial charge in [0.15, 0.2) is 0 Å². The Balaban J connectivity index is 0. The molecule has 0 aliphatic carbocycles. The molecule has 1 unspecified atom stereocenters. The van der Waals surface area contributed by atoms with E-state index in [1.165, 1.54) is 0 Å². The zero-order valence-electron chi connectivity index (χ0n) is 12.4. The van der Waals surface area contributed by atoms with Crippen LogP contribution in [0.5, 0.6) is 0 Å². The van der Waals surface area contributed by atoms with Crippen molar-refractivity contribution in [1.82, 2.24) is 0 Å². The molecule has 6 heteroatoms. The van der Waals surface area contributed by atoms with Gasteiger partial charge in [-0.05, 0) is 19.3 Å². The predicted octanol–water partition coefficient (Wildman–Crippen LogP) is -0.183. The van der Waals surface area contributed by atoms with E-state index in [0.29, 0.717) is 12.8 Å². The van der Waals surface area contributed by atoms with Gasteiger partial charge in [-0.15, -0.1) is 0 Å². The second-order valence-electron chi connectivity index (χ2n) is 4.89. The normalized spacial score (nSPS) is 13.0. The molecule has 0 saturated carbocycles. The molecule has 1 N–H and O–H groups in total. The molecule has 0 saturated heterocycles. The molecule has 0 aromatic heterocycles. The molecule has 110 valence electrons. The van der Waals surface area contributed by atoms with Crippen molar-refractivity contribution in [2.24, 2.45) is 0 Å². The summed E-state index contributed by atoms with van der Waals surface area (Å²) in [5, 5.41) is 7.92. The molecule has 0 heterocycles. The van der Waals surface area contributed by atoms with Crippen molar-refractivity contribution in [2.45, 2.75) is 76.4 Å². The molecule has 0 fully saturated rings. The summed E-state index contributed by atoms with van der Waals surface area (Å²) in [6.07, 6.45) is 8.83. The van der Waals surface area contributed by atoms with E-state index in [-0.39, 0.29) is 36.2 Å². The van der Waals surface area contributed by atoms with Gasteiger partial charge < -0.3 is 9.66 Å². The van der Waals surface area contributed by atoms with Crippen LogP contribution in [0.1, 0.15) is 71.1 Å². The van der Waals surface area contributed by atoms with Gasteiger partial charge in [0.2, 0.25) is 0 Å². The zero-order valence-corrected chi connectivity index (χ0v) is 15.3. The third-order valence-corrected chi connectivity index (χ3v) is 4.49. The molecule has 0 spiro atoms. The van der Waals surface area contributed by atoms with Gasteiger partial charge in [-0.2, -0.15) is 0 Å². The quantitative estimate of drug-likeness (QED) is 0.308. The maximum Gasteiger partial charge on any atom is 1.00 e. The van der Waals surface area contributed by atoms with Crippen LogP contribution in [0.4, 0.5) is 0 Å². The molecule has 0 aliphatic heterocycles. The van der Waals surface area contributed by atoms with Crippen molar-refractivity contribution in [3.8, 4) is 0 Å². The van der Waals surface area contributed by atoms with Crippen LogP contribution in [0.2, 0.25) is 0 Å². The molecular weight excluding hydrogens is 275 g/mol. The van der Waals surface area contributed by atoms with E-state index >= 15 is 0 Å². The Kier molecular flexibility index (Phi) is 16.1. The molecule has 0 radical (unpaired) electrons. The Morgan fingerprint density at radius 3 is 1.84 bits per heavy atom. The third kappa shape index (κ3) is 13.6. The molecule has 0 rings (SSSR count). The second-order valence-corrected chi connectivity index (χ2v) is 6.54. The Hall–Kier alpha value is 0.870. The van der Waals surface area contributed by atoms with Crippen molar-refractivity contribution in [3.63, 3.8) is 0 Å². The average Bonchev–Trinajstić information content (AvgIpc) is 2.30. The summed E-state index contributed by atoms with van der Waals surface area (Å²) >= 11 is 0. The number of unbranched alkanes of at least 4 members (excludes halogenated alkanes) is 6. The average molecular weight is 302 g/mol. The van der Waals surface area contributed by atoms with Gasteiger partial charge in [0.25, 0.3) is 0 Å². The van der Waals surface area contributed by atoms with Crippen molar-refractivity contribution in [2.75, 3.05) is 6.61 Å². The molecule has 0 aromatic rings. The van der Waals surface area contributed by atoms with E-state index in [0.717, 1.165) is 51.4 Å². The Morgan fingerprint density at radius 1 is 0.947 bits per heavy atom. The summed E-state index contributed by atoms with van der Waals surface area (Å²) in [6, 6.07) is 0.